The molecule has 2 aromatic carbocycles. The molecule has 0 saturated carbocycles. The monoisotopic (exact) mass is 351 g/mol. The van der Waals surface area contributed by atoms with Crippen molar-refractivity contribution in [1.82, 2.24) is 15.5 Å². The SMILES string of the molecule is O=C(COc1ccc(-c2nnco2)cc1)NCCCCc1ccccc1. The number of carbonyl (C=O) groups excluding carboxylic acids is 1. The van der Waals surface area contributed by atoms with Gasteiger partial charge in [-0.25, -0.2) is 0 Å². The Morgan fingerprint density at radius 2 is 1.85 bits per heavy atom. The molecule has 26 heavy (non-hydrogen) atoms. The number of aromatic nitrogens is 2. The highest BCUT2D eigenvalue weighted by Crippen LogP contribution is 2.20. The Labute approximate surface area is 152 Å². The maximum Gasteiger partial charge on any atom is 0.257 e. The van der Waals surface area contributed by atoms with Crippen LogP contribution in [-0.2, 0) is 11.2 Å². The van der Waals surface area contributed by atoms with Crippen LogP contribution < -0.4 is 10.1 Å². The fourth-order valence-corrected chi connectivity index (χ4v) is 2.52. The summed E-state index contributed by atoms with van der Waals surface area (Å²) in [7, 11) is 0. The molecule has 0 aliphatic heterocycles. The third-order valence-electron chi connectivity index (χ3n) is 3.89. The van der Waals surface area contributed by atoms with Gasteiger partial charge in [-0.05, 0) is 49.1 Å². The number of amides is 1. The predicted octanol–water partition coefficient (Wildman–Crippen LogP) is 3.25. The summed E-state index contributed by atoms with van der Waals surface area (Å²) in [6, 6.07) is 17.5. The fraction of sp³-hybridized carbons (Fsp3) is 0.250. The highest BCUT2D eigenvalue weighted by atomic mass is 16.5. The molecule has 0 fully saturated rings. The molecule has 3 aromatic rings. The predicted molar refractivity (Wildman–Crippen MR) is 97.6 cm³/mol. The molecule has 0 spiro atoms. The van der Waals surface area contributed by atoms with E-state index in [1.807, 2.05) is 30.3 Å². The average molecular weight is 351 g/mol. The van der Waals surface area contributed by atoms with E-state index >= 15 is 0 Å². The minimum Gasteiger partial charge on any atom is -0.484 e. The minimum absolute atomic E-state index is 0.00140. The van der Waals surface area contributed by atoms with Gasteiger partial charge in [0.05, 0.1) is 0 Å². The van der Waals surface area contributed by atoms with Gasteiger partial charge in [-0.2, -0.15) is 0 Å². The van der Waals surface area contributed by atoms with Crippen LogP contribution in [0.4, 0.5) is 0 Å². The number of aryl methyl sites for hydroxylation is 1. The van der Waals surface area contributed by atoms with Crippen LogP contribution in [0.2, 0.25) is 0 Å². The summed E-state index contributed by atoms with van der Waals surface area (Å²) in [5.74, 6) is 0.947. The molecule has 0 unspecified atom stereocenters. The lowest BCUT2D eigenvalue weighted by atomic mass is 10.1. The average Bonchev–Trinajstić information content (AvgIpc) is 3.22. The molecule has 0 saturated heterocycles. The van der Waals surface area contributed by atoms with Gasteiger partial charge in [0.2, 0.25) is 12.3 Å². The fourth-order valence-electron chi connectivity index (χ4n) is 2.52. The quantitative estimate of drug-likeness (QED) is 0.599. The summed E-state index contributed by atoms with van der Waals surface area (Å²) in [6.45, 7) is 0.656. The summed E-state index contributed by atoms with van der Waals surface area (Å²) >= 11 is 0. The summed E-state index contributed by atoms with van der Waals surface area (Å²) in [5, 5.41) is 10.4. The van der Waals surface area contributed by atoms with E-state index in [4.69, 9.17) is 9.15 Å². The maximum absolute atomic E-state index is 11.8. The highest BCUT2D eigenvalue weighted by molar-refractivity contribution is 5.77. The molecule has 3 rings (SSSR count). The van der Waals surface area contributed by atoms with Gasteiger partial charge in [0.1, 0.15) is 5.75 Å². The number of carbonyl (C=O) groups is 1. The highest BCUT2D eigenvalue weighted by Gasteiger charge is 2.05. The Bertz CT molecular complexity index is 787. The van der Waals surface area contributed by atoms with Gasteiger partial charge in [-0.15, -0.1) is 10.2 Å². The molecule has 0 atom stereocenters. The molecular weight excluding hydrogens is 330 g/mol. The van der Waals surface area contributed by atoms with Gasteiger partial charge in [0.25, 0.3) is 5.91 Å². The third-order valence-corrected chi connectivity index (χ3v) is 3.89. The molecule has 0 radical (unpaired) electrons. The van der Waals surface area contributed by atoms with E-state index < -0.39 is 0 Å². The number of ether oxygens (including phenoxy) is 1. The number of hydrogen-bond donors (Lipinski definition) is 1. The molecule has 1 aromatic heterocycles. The van der Waals surface area contributed by atoms with Crippen molar-refractivity contribution in [3.05, 3.63) is 66.6 Å². The van der Waals surface area contributed by atoms with Crippen molar-refractivity contribution in [2.24, 2.45) is 0 Å². The van der Waals surface area contributed by atoms with Crippen LogP contribution in [0, 0.1) is 0 Å². The van der Waals surface area contributed by atoms with Crippen molar-refractivity contribution >= 4 is 5.91 Å². The van der Waals surface area contributed by atoms with Crippen molar-refractivity contribution in [2.75, 3.05) is 13.2 Å². The van der Waals surface area contributed by atoms with Crippen molar-refractivity contribution in [3.63, 3.8) is 0 Å². The van der Waals surface area contributed by atoms with Crippen LogP contribution in [0.3, 0.4) is 0 Å². The molecule has 134 valence electrons. The molecule has 6 nitrogen and oxygen atoms in total. The number of unbranched alkanes of at least 4 members (excludes halogenated alkanes) is 1. The topological polar surface area (TPSA) is 77.2 Å². The van der Waals surface area contributed by atoms with Crippen LogP contribution in [0.15, 0.2) is 65.4 Å². The molecule has 0 aliphatic carbocycles. The standard InChI is InChI=1S/C20H21N3O3/c24-19(21-13-5-4-8-16-6-2-1-3-7-16)14-25-18-11-9-17(10-12-18)20-23-22-15-26-20/h1-3,6-7,9-12,15H,4-5,8,13-14H2,(H,21,24). The molecule has 1 heterocycles. The van der Waals surface area contributed by atoms with E-state index in [0.717, 1.165) is 24.8 Å². The number of rotatable bonds is 9. The molecule has 0 aliphatic rings. The Morgan fingerprint density at radius 3 is 2.58 bits per heavy atom. The summed E-state index contributed by atoms with van der Waals surface area (Å²) in [4.78, 5) is 11.8. The van der Waals surface area contributed by atoms with Crippen molar-refractivity contribution < 1.29 is 13.9 Å². The second kappa shape index (κ2) is 9.36. The molecule has 1 amide bonds. The second-order valence-electron chi connectivity index (χ2n) is 5.85. The van der Waals surface area contributed by atoms with Gasteiger partial charge in [-0.3, -0.25) is 4.79 Å². The van der Waals surface area contributed by atoms with Gasteiger partial charge in [0.15, 0.2) is 6.61 Å². The first-order valence-electron chi connectivity index (χ1n) is 8.61. The van der Waals surface area contributed by atoms with Crippen LogP contribution in [-0.4, -0.2) is 29.3 Å². The lowest BCUT2D eigenvalue weighted by molar-refractivity contribution is -0.123. The van der Waals surface area contributed by atoms with E-state index in [1.54, 1.807) is 12.1 Å². The zero-order valence-corrected chi connectivity index (χ0v) is 14.4. The second-order valence-corrected chi connectivity index (χ2v) is 5.85. The Morgan fingerprint density at radius 1 is 1.04 bits per heavy atom. The summed E-state index contributed by atoms with van der Waals surface area (Å²) in [5.41, 5.74) is 2.13. The zero-order valence-electron chi connectivity index (χ0n) is 14.4. The Balaban J connectivity index is 1.31. The van der Waals surface area contributed by atoms with E-state index in [-0.39, 0.29) is 12.5 Å². The normalized spacial score (nSPS) is 10.5. The van der Waals surface area contributed by atoms with Crippen LogP contribution in [0.25, 0.3) is 11.5 Å². The largest absolute Gasteiger partial charge is 0.484 e. The molecule has 1 N–H and O–H groups in total. The number of benzene rings is 2. The van der Waals surface area contributed by atoms with E-state index in [2.05, 4.69) is 27.6 Å². The minimum atomic E-state index is -0.120. The van der Waals surface area contributed by atoms with Crippen LogP contribution in [0.5, 0.6) is 5.75 Å². The van der Waals surface area contributed by atoms with Gasteiger partial charge in [0, 0.05) is 12.1 Å². The zero-order chi connectivity index (χ0) is 18.0. The first kappa shape index (κ1) is 17.7. The smallest absolute Gasteiger partial charge is 0.257 e. The van der Waals surface area contributed by atoms with Crippen molar-refractivity contribution in [2.45, 2.75) is 19.3 Å². The van der Waals surface area contributed by atoms with Crippen molar-refractivity contribution in [3.8, 4) is 17.2 Å². The third kappa shape index (κ3) is 5.44. The van der Waals surface area contributed by atoms with Gasteiger partial charge >= 0.3 is 0 Å². The van der Waals surface area contributed by atoms with Gasteiger partial charge < -0.3 is 14.5 Å². The van der Waals surface area contributed by atoms with Crippen molar-refractivity contribution in [1.29, 1.82) is 0 Å². The van der Waals surface area contributed by atoms with Gasteiger partial charge in [-0.1, -0.05) is 30.3 Å². The Kier molecular flexibility index (Phi) is 6.36. The Hall–Kier alpha value is -3.15. The molecule has 6 heteroatoms. The molecular formula is C20H21N3O3. The summed E-state index contributed by atoms with van der Waals surface area (Å²) in [6.07, 6.45) is 4.30. The summed E-state index contributed by atoms with van der Waals surface area (Å²) < 4.78 is 10.6. The lowest BCUT2D eigenvalue weighted by Gasteiger charge is -2.08. The van der Waals surface area contributed by atoms with E-state index in [1.165, 1.54) is 12.0 Å². The first-order chi connectivity index (χ1) is 12.8. The van der Waals surface area contributed by atoms with E-state index in [9.17, 15) is 4.79 Å². The molecule has 0 bridgehead atoms. The van der Waals surface area contributed by atoms with Crippen LogP contribution in [0.1, 0.15) is 18.4 Å². The maximum atomic E-state index is 11.8. The first-order valence-corrected chi connectivity index (χ1v) is 8.61. The number of nitrogens with one attached hydrogen (secondary N) is 1. The lowest BCUT2D eigenvalue weighted by Crippen LogP contribution is -2.29. The van der Waals surface area contributed by atoms with E-state index in [0.29, 0.717) is 18.2 Å². The van der Waals surface area contributed by atoms with Crippen LogP contribution >= 0.6 is 0 Å². The number of nitrogens with zero attached hydrogens (tertiary/aromatic N) is 2. The number of hydrogen-bond acceptors (Lipinski definition) is 5.